The third-order valence-electron chi connectivity index (χ3n) is 10.9. The zero-order valence-electron chi connectivity index (χ0n) is 32.8. The lowest BCUT2D eigenvalue weighted by Gasteiger charge is -2.26. The summed E-state index contributed by atoms with van der Waals surface area (Å²) in [5.41, 5.74) is 11.0. The third-order valence-corrected chi connectivity index (χ3v) is 10.9. The Kier molecular flexibility index (Phi) is 11.5. The molecule has 0 aliphatic carbocycles. The van der Waals surface area contributed by atoms with Gasteiger partial charge in [-0.2, -0.15) is 0 Å². The molecule has 0 radical (unpaired) electrons. The fourth-order valence-corrected chi connectivity index (χ4v) is 7.75. The maximum absolute atomic E-state index is 14.6. The fourth-order valence-electron chi connectivity index (χ4n) is 7.75. The first-order valence-corrected chi connectivity index (χ1v) is 19.9. The maximum Gasteiger partial charge on any atom is 0.253 e. The summed E-state index contributed by atoms with van der Waals surface area (Å²) in [5.74, 6) is -4.19. The van der Waals surface area contributed by atoms with Crippen LogP contribution in [0.3, 0.4) is 0 Å². The number of amides is 6. The molecule has 6 amide bonds. The van der Waals surface area contributed by atoms with Gasteiger partial charge >= 0.3 is 0 Å². The molecule has 1 fully saturated rings. The highest BCUT2D eigenvalue weighted by Crippen LogP contribution is 2.22. The van der Waals surface area contributed by atoms with E-state index in [0.29, 0.717) is 11.1 Å². The number of hydrogen-bond acceptors (Lipinski definition) is 7. The minimum absolute atomic E-state index is 0.00317. The number of anilines is 1. The Morgan fingerprint density at radius 2 is 0.934 bits per heavy atom. The van der Waals surface area contributed by atoms with Crippen molar-refractivity contribution in [2.45, 2.75) is 43.4 Å². The average molecular weight is 821 g/mol. The molecular formula is C45H44N10O6. The van der Waals surface area contributed by atoms with Crippen molar-refractivity contribution in [2.24, 2.45) is 0 Å². The van der Waals surface area contributed by atoms with Crippen LogP contribution in [0.2, 0.25) is 0 Å². The molecule has 11 N–H and O–H groups in total. The van der Waals surface area contributed by atoms with Crippen LogP contribution in [0, 0.1) is 0 Å². The Balaban J connectivity index is 1.15. The smallest absolute Gasteiger partial charge is 0.253 e. The first kappa shape index (κ1) is 39.9. The van der Waals surface area contributed by atoms with Crippen LogP contribution in [0.4, 0.5) is 5.69 Å². The summed E-state index contributed by atoms with van der Waals surface area (Å²) >= 11 is 0. The van der Waals surface area contributed by atoms with Crippen LogP contribution < -0.4 is 37.6 Å². The first-order chi connectivity index (χ1) is 29.6. The van der Waals surface area contributed by atoms with Gasteiger partial charge in [0, 0.05) is 82.8 Å². The number of nitrogens with two attached hydrogens (primary N) is 1. The van der Waals surface area contributed by atoms with E-state index in [9.17, 15) is 28.8 Å². The molecule has 16 nitrogen and oxygen atoms in total. The van der Waals surface area contributed by atoms with Gasteiger partial charge in [0.15, 0.2) is 0 Å². The first-order valence-electron chi connectivity index (χ1n) is 19.9. The number of carbonyl (C=O) groups is 6. The molecule has 0 saturated carbocycles. The average Bonchev–Trinajstić information content (AvgIpc) is 4.00. The predicted octanol–water partition coefficient (Wildman–Crippen LogP) is 2.24. The van der Waals surface area contributed by atoms with Crippen molar-refractivity contribution in [3.8, 4) is 0 Å². The lowest BCUT2D eigenvalue weighted by molar-refractivity contribution is -0.133. The monoisotopic (exact) mass is 820 g/mol. The number of benzene rings is 4. The molecule has 4 aromatic carbocycles. The van der Waals surface area contributed by atoms with E-state index in [1.54, 1.807) is 36.8 Å². The second-order valence-electron chi connectivity index (χ2n) is 15.0. The van der Waals surface area contributed by atoms with Crippen molar-refractivity contribution in [3.63, 3.8) is 0 Å². The van der Waals surface area contributed by atoms with Gasteiger partial charge in [-0.3, -0.25) is 28.8 Å². The molecule has 0 spiro atoms. The van der Waals surface area contributed by atoms with Gasteiger partial charge in [-0.25, -0.2) is 0 Å². The number of aromatic amines is 3. The van der Waals surface area contributed by atoms with E-state index in [1.807, 2.05) is 72.8 Å². The highest BCUT2D eigenvalue weighted by molar-refractivity contribution is 6.01. The van der Waals surface area contributed by atoms with Gasteiger partial charge in [-0.05, 0) is 47.0 Å². The van der Waals surface area contributed by atoms with Crippen molar-refractivity contribution in [2.75, 3.05) is 18.8 Å². The van der Waals surface area contributed by atoms with Crippen LogP contribution in [-0.2, 0) is 43.2 Å². The molecule has 1 saturated heterocycles. The SMILES string of the molecule is Nc1ccccc1C(=O)NC[C@@H]1NC(=O)[C@H](Cc2c[nH]c3ccccc23)NC(=O)[C@H](Cc2c[nH]c3ccccc23)NC(=O)CNC(=O)[C@H](Cc2c[nH]c3ccccc23)NC1=O. The lowest BCUT2D eigenvalue weighted by Crippen LogP contribution is -2.60. The second kappa shape index (κ2) is 17.5. The number of nitrogen functional groups attached to an aromatic ring is 1. The normalized spacial score (nSPS) is 19.3. The van der Waals surface area contributed by atoms with Gasteiger partial charge in [0.05, 0.1) is 12.1 Å². The van der Waals surface area contributed by atoms with Crippen LogP contribution >= 0.6 is 0 Å². The third kappa shape index (κ3) is 8.92. The molecule has 0 bridgehead atoms. The molecule has 8 rings (SSSR count). The highest BCUT2D eigenvalue weighted by atomic mass is 16.2. The van der Waals surface area contributed by atoms with E-state index in [4.69, 9.17) is 5.73 Å². The van der Waals surface area contributed by atoms with Crippen molar-refractivity contribution >= 4 is 73.8 Å². The largest absolute Gasteiger partial charge is 0.398 e. The Labute approximate surface area is 348 Å². The zero-order chi connectivity index (χ0) is 42.5. The van der Waals surface area contributed by atoms with Gasteiger partial charge in [0.2, 0.25) is 29.5 Å². The van der Waals surface area contributed by atoms with Crippen LogP contribution in [0.1, 0.15) is 27.0 Å². The van der Waals surface area contributed by atoms with Gasteiger partial charge < -0.3 is 52.6 Å². The van der Waals surface area contributed by atoms with E-state index in [0.717, 1.165) is 38.3 Å². The topological polar surface area (TPSA) is 248 Å². The Morgan fingerprint density at radius 1 is 0.525 bits per heavy atom. The van der Waals surface area contributed by atoms with Crippen molar-refractivity contribution in [1.29, 1.82) is 0 Å². The maximum atomic E-state index is 14.6. The van der Waals surface area contributed by atoms with E-state index in [2.05, 4.69) is 46.9 Å². The molecule has 4 heterocycles. The van der Waals surface area contributed by atoms with Crippen LogP contribution in [0.15, 0.2) is 116 Å². The van der Waals surface area contributed by atoms with Crippen molar-refractivity contribution in [1.82, 2.24) is 46.9 Å². The second-order valence-corrected chi connectivity index (χ2v) is 15.0. The van der Waals surface area contributed by atoms with E-state index >= 15 is 0 Å². The molecule has 7 aromatic rings. The number of fused-ring (bicyclic) bond motifs is 3. The quantitative estimate of drug-likeness (QED) is 0.0973. The number of carbonyl (C=O) groups excluding carboxylic acids is 6. The van der Waals surface area contributed by atoms with E-state index in [1.165, 1.54) is 6.07 Å². The van der Waals surface area contributed by atoms with Crippen LogP contribution in [0.5, 0.6) is 0 Å². The number of nitrogens with one attached hydrogen (secondary N) is 9. The summed E-state index contributed by atoms with van der Waals surface area (Å²) in [6, 6.07) is 23.7. The number of para-hydroxylation sites is 4. The molecule has 3 aromatic heterocycles. The molecule has 61 heavy (non-hydrogen) atoms. The summed E-state index contributed by atoms with van der Waals surface area (Å²) in [5, 5.41) is 18.9. The molecule has 4 atom stereocenters. The highest BCUT2D eigenvalue weighted by Gasteiger charge is 2.34. The van der Waals surface area contributed by atoms with Crippen LogP contribution in [-0.4, -0.2) is 87.7 Å². The number of rotatable bonds is 9. The summed E-state index contributed by atoms with van der Waals surface area (Å²) < 4.78 is 0. The van der Waals surface area contributed by atoms with Crippen LogP contribution in [0.25, 0.3) is 32.7 Å². The van der Waals surface area contributed by atoms with Gasteiger partial charge in [-0.1, -0.05) is 66.7 Å². The molecule has 0 unspecified atom stereocenters. The Bertz CT molecular complexity index is 2790. The van der Waals surface area contributed by atoms with E-state index < -0.39 is 72.7 Å². The lowest BCUT2D eigenvalue weighted by atomic mass is 10.0. The van der Waals surface area contributed by atoms with Crippen molar-refractivity contribution in [3.05, 3.63) is 138 Å². The fraction of sp³-hybridized carbons (Fsp3) is 0.200. The molecule has 310 valence electrons. The number of H-pyrrole nitrogens is 3. The Hall–Kier alpha value is -7.88. The van der Waals surface area contributed by atoms with Gasteiger partial charge in [0.25, 0.3) is 5.91 Å². The summed E-state index contributed by atoms with van der Waals surface area (Å²) in [6.45, 7) is -0.937. The molecular weight excluding hydrogens is 777 g/mol. The number of aromatic nitrogens is 3. The zero-order valence-corrected chi connectivity index (χ0v) is 32.8. The summed E-state index contributed by atoms with van der Waals surface area (Å²) in [6.07, 6.45) is 5.26. The summed E-state index contributed by atoms with van der Waals surface area (Å²) in [7, 11) is 0. The van der Waals surface area contributed by atoms with Crippen molar-refractivity contribution < 1.29 is 28.8 Å². The Morgan fingerprint density at radius 3 is 1.44 bits per heavy atom. The predicted molar refractivity (Wildman–Crippen MR) is 230 cm³/mol. The number of hydrogen-bond donors (Lipinski definition) is 10. The standard InChI is InChI=1S/C45H44N10O6/c46-32-13-5-1-12-31(32)41(57)50-23-39-45(61)53-36(17-25-20-47-33-14-6-2-9-28(25)33)42(58)51-24-40(56)52-37(18-26-21-48-34-15-7-3-10-29(26)34)43(59)54-38(44(60)55-39)19-27-22-49-35-16-8-4-11-30(27)35/h1-16,20-22,36-39,47-49H,17-19,23-24,46H2,(H,50,57)(H,51,58)(H,52,56)(H,53,61)(H,54,59)(H,55,60)/t36-,37-,38-,39-/m0/s1. The summed E-state index contributed by atoms with van der Waals surface area (Å²) in [4.78, 5) is 93.9. The van der Waals surface area contributed by atoms with Gasteiger partial charge in [0.1, 0.15) is 24.2 Å². The van der Waals surface area contributed by atoms with Gasteiger partial charge in [-0.15, -0.1) is 0 Å². The molecule has 1 aliphatic heterocycles. The molecule has 16 heteroatoms. The minimum Gasteiger partial charge on any atom is -0.398 e. The minimum atomic E-state index is -1.45. The molecule has 1 aliphatic rings. The van der Waals surface area contributed by atoms with E-state index in [-0.39, 0.29) is 30.5 Å².